The number of halogens is 2. The first-order valence-corrected chi connectivity index (χ1v) is 11.5. The Labute approximate surface area is 198 Å². The van der Waals surface area contributed by atoms with E-state index in [-0.39, 0.29) is 28.7 Å². The second-order valence-corrected chi connectivity index (χ2v) is 8.71. The molecule has 0 radical (unpaired) electrons. The third-order valence-electron chi connectivity index (χ3n) is 5.86. The van der Waals surface area contributed by atoms with Crippen molar-refractivity contribution in [2.45, 2.75) is 26.3 Å². The second kappa shape index (κ2) is 10.8. The molecule has 1 N–H and O–H groups in total. The van der Waals surface area contributed by atoms with Gasteiger partial charge in [0.2, 0.25) is 5.91 Å². The van der Waals surface area contributed by atoms with Crippen LogP contribution in [0.3, 0.4) is 0 Å². The van der Waals surface area contributed by atoms with Crippen LogP contribution in [0.1, 0.15) is 41.0 Å². The van der Waals surface area contributed by atoms with Crippen molar-refractivity contribution in [3.8, 4) is 0 Å². The van der Waals surface area contributed by atoms with Crippen LogP contribution in [0.2, 0.25) is 10.0 Å². The van der Waals surface area contributed by atoms with Gasteiger partial charge < -0.3 is 15.1 Å². The quantitative estimate of drug-likeness (QED) is 0.682. The van der Waals surface area contributed by atoms with Crippen molar-refractivity contribution >= 4 is 40.9 Å². The molecule has 1 aliphatic rings. The maximum absolute atomic E-state index is 13.3. The summed E-state index contributed by atoms with van der Waals surface area (Å²) < 4.78 is 0. The number of nitrogens with one attached hydrogen (secondary N) is 1. The van der Waals surface area contributed by atoms with Gasteiger partial charge in [-0.1, -0.05) is 67.7 Å². The van der Waals surface area contributed by atoms with Gasteiger partial charge in [0.25, 0.3) is 11.8 Å². The van der Waals surface area contributed by atoms with Crippen LogP contribution in [0.4, 0.5) is 0 Å². The third kappa shape index (κ3) is 5.43. The number of carbonyl (C=O) groups excluding carboxylic acids is 3. The number of hydrogen-bond donors (Lipinski definition) is 1. The molecule has 3 amide bonds. The van der Waals surface area contributed by atoms with E-state index < -0.39 is 6.04 Å². The summed E-state index contributed by atoms with van der Waals surface area (Å²) in [5.74, 6) is -0.634. The van der Waals surface area contributed by atoms with Gasteiger partial charge >= 0.3 is 0 Å². The van der Waals surface area contributed by atoms with E-state index in [4.69, 9.17) is 23.2 Å². The molecule has 32 heavy (non-hydrogen) atoms. The van der Waals surface area contributed by atoms with Gasteiger partial charge in [-0.3, -0.25) is 14.4 Å². The Bertz CT molecular complexity index is 976. The third-order valence-corrected chi connectivity index (χ3v) is 6.68. The summed E-state index contributed by atoms with van der Waals surface area (Å²) in [4.78, 5) is 42.2. The lowest BCUT2D eigenvalue weighted by Crippen LogP contribution is -2.57. The predicted molar refractivity (Wildman–Crippen MR) is 126 cm³/mol. The molecule has 1 heterocycles. The van der Waals surface area contributed by atoms with Crippen molar-refractivity contribution in [1.29, 1.82) is 0 Å². The van der Waals surface area contributed by atoms with Crippen molar-refractivity contribution in [3.05, 3.63) is 69.7 Å². The van der Waals surface area contributed by atoms with Crippen molar-refractivity contribution in [1.82, 2.24) is 15.1 Å². The smallest absolute Gasteiger partial charge is 0.255 e. The first kappa shape index (κ1) is 24.1. The fourth-order valence-electron chi connectivity index (χ4n) is 3.66. The number of piperazine rings is 1. The first-order chi connectivity index (χ1) is 15.3. The van der Waals surface area contributed by atoms with Gasteiger partial charge in [-0.15, -0.1) is 0 Å². The number of nitrogens with zero attached hydrogens (tertiary/aromatic N) is 2. The minimum atomic E-state index is -0.627. The number of carbonyl (C=O) groups is 3. The average molecular weight is 476 g/mol. The number of hydrogen-bond acceptors (Lipinski definition) is 3. The Morgan fingerprint density at radius 1 is 0.938 bits per heavy atom. The maximum atomic E-state index is 13.3. The lowest BCUT2D eigenvalue weighted by molar-refractivity contribution is -0.136. The highest BCUT2D eigenvalue weighted by Crippen LogP contribution is 2.27. The highest BCUT2D eigenvalue weighted by Gasteiger charge is 2.33. The van der Waals surface area contributed by atoms with E-state index >= 15 is 0 Å². The predicted octanol–water partition coefficient (Wildman–Crippen LogP) is 4.12. The van der Waals surface area contributed by atoms with Crippen molar-refractivity contribution in [3.63, 3.8) is 0 Å². The summed E-state index contributed by atoms with van der Waals surface area (Å²) in [5.41, 5.74) is 0.869. The molecule has 0 saturated carbocycles. The Morgan fingerprint density at radius 3 is 2.19 bits per heavy atom. The van der Waals surface area contributed by atoms with Gasteiger partial charge in [0, 0.05) is 31.7 Å². The summed E-state index contributed by atoms with van der Waals surface area (Å²) in [6.45, 7) is 5.48. The second-order valence-electron chi connectivity index (χ2n) is 7.92. The van der Waals surface area contributed by atoms with Crippen LogP contribution >= 0.6 is 23.2 Å². The molecule has 2 aromatic rings. The molecule has 2 aromatic carbocycles. The molecular formula is C24H27Cl2N3O3. The molecule has 3 rings (SSSR count). The van der Waals surface area contributed by atoms with Gasteiger partial charge in [-0.05, 0) is 30.2 Å². The van der Waals surface area contributed by atoms with E-state index in [1.54, 1.807) is 52.3 Å². The van der Waals surface area contributed by atoms with E-state index in [9.17, 15) is 14.4 Å². The van der Waals surface area contributed by atoms with Crippen molar-refractivity contribution < 1.29 is 14.4 Å². The largest absolute Gasteiger partial charge is 0.340 e. The van der Waals surface area contributed by atoms with Gasteiger partial charge in [-0.2, -0.15) is 0 Å². The fourth-order valence-corrected chi connectivity index (χ4v) is 4.04. The zero-order valence-electron chi connectivity index (χ0n) is 18.2. The van der Waals surface area contributed by atoms with E-state index in [1.807, 2.05) is 19.9 Å². The van der Waals surface area contributed by atoms with Crippen LogP contribution < -0.4 is 5.32 Å². The van der Waals surface area contributed by atoms with Gasteiger partial charge in [0.1, 0.15) is 6.04 Å². The van der Waals surface area contributed by atoms with E-state index in [0.29, 0.717) is 42.3 Å². The maximum Gasteiger partial charge on any atom is 0.255 e. The number of amides is 3. The van der Waals surface area contributed by atoms with Crippen LogP contribution in [0, 0.1) is 5.92 Å². The standard InChI is InChI=1S/C24H27Cl2N3O3/c1-3-16(2)21(27-22(30)17-8-5-4-6-9-17)24(32)29-14-12-28(13-15-29)23(31)18-10-7-11-19(25)20(18)26/h4-11,16,21H,3,12-15H2,1-2H3,(H,27,30). The highest BCUT2D eigenvalue weighted by molar-refractivity contribution is 6.43. The summed E-state index contributed by atoms with van der Waals surface area (Å²) >= 11 is 12.2. The molecule has 6 nitrogen and oxygen atoms in total. The molecule has 2 unspecified atom stereocenters. The van der Waals surface area contributed by atoms with E-state index in [0.717, 1.165) is 6.42 Å². The average Bonchev–Trinajstić information content (AvgIpc) is 2.83. The number of rotatable bonds is 6. The lowest BCUT2D eigenvalue weighted by Gasteiger charge is -2.37. The van der Waals surface area contributed by atoms with E-state index in [1.165, 1.54) is 0 Å². The van der Waals surface area contributed by atoms with Crippen LogP contribution in [-0.4, -0.2) is 59.7 Å². The monoisotopic (exact) mass is 475 g/mol. The molecule has 8 heteroatoms. The molecule has 0 aromatic heterocycles. The van der Waals surface area contributed by atoms with Gasteiger partial charge in [-0.25, -0.2) is 0 Å². The lowest BCUT2D eigenvalue weighted by atomic mass is 9.97. The van der Waals surface area contributed by atoms with Crippen molar-refractivity contribution in [2.75, 3.05) is 26.2 Å². The summed E-state index contributed by atoms with van der Waals surface area (Å²) in [7, 11) is 0. The Balaban J connectivity index is 1.65. The van der Waals surface area contributed by atoms with Crippen LogP contribution in [-0.2, 0) is 4.79 Å². The molecule has 1 aliphatic heterocycles. The summed E-state index contributed by atoms with van der Waals surface area (Å²) in [5, 5.41) is 3.48. The first-order valence-electron chi connectivity index (χ1n) is 10.7. The zero-order valence-corrected chi connectivity index (χ0v) is 19.7. The summed E-state index contributed by atoms with van der Waals surface area (Å²) in [6, 6.07) is 13.2. The molecule has 0 aliphatic carbocycles. The molecule has 2 atom stereocenters. The van der Waals surface area contributed by atoms with Crippen molar-refractivity contribution in [2.24, 2.45) is 5.92 Å². The SMILES string of the molecule is CCC(C)C(NC(=O)c1ccccc1)C(=O)N1CCN(C(=O)c2cccc(Cl)c2Cl)CC1. The highest BCUT2D eigenvalue weighted by atomic mass is 35.5. The molecule has 0 spiro atoms. The minimum absolute atomic E-state index is 0.0277. The van der Waals surface area contributed by atoms with Crippen LogP contribution in [0.15, 0.2) is 48.5 Å². The van der Waals surface area contributed by atoms with Crippen LogP contribution in [0.5, 0.6) is 0 Å². The van der Waals surface area contributed by atoms with Gasteiger partial charge in [0.05, 0.1) is 15.6 Å². The van der Waals surface area contributed by atoms with Gasteiger partial charge in [0.15, 0.2) is 0 Å². The normalized spacial score (nSPS) is 15.8. The summed E-state index contributed by atoms with van der Waals surface area (Å²) in [6.07, 6.45) is 0.747. The zero-order chi connectivity index (χ0) is 23.3. The molecule has 1 saturated heterocycles. The minimum Gasteiger partial charge on any atom is -0.340 e. The molecular weight excluding hydrogens is 449 g/mol. The molecule has 170 valence electrons. The fraction of sp³-hybridized carbons (Fsp3) is 0.375. The van der Waals surface area contributed by atoms with Crippen LogP contribution in [0.25, 0.3) is 0 Å². The van der Waals surface area contributed by atoms with E-state index in [2.05, 4.69) is 5.32 Å². The number of benzene rings is 2. The topological polar surface area (TPSA) is 69.7 Å². The molecule has 0 bridgehead atoms. The Kier molecular flexibility index (Phi) is 8.15. The Morgan fingerprint density at radius 2 is 1.56 bits per heavy atom. The molecule has 1 fully saturated rings. The Hall–Kier alpha value is -2.57.